The molecule has 0 saturated carbocycles. The summed E-state index contributed by atoms with van der Waals surface area (Å²) in [5.74, 6) is -1.79. The largest absolute Gasteiger partial charge is 0.492 e. The van der Waals surface area contributed by atoms with Crippen LogP contribution < -0.4 is 9.47 Å². The molecule has 0 N–H and O–H groups in total. The van der Waals surface area contributed by atoms with Crippen molar-refractivity contribution in [2.45, 2.75) is 6.92 Å². The van der Waals surface area contributed by atoms with Crippen LogP contribution in [0.5, 0.6) is 11.5 Å². The zero-order chi connectivity index (χ0) is 15.3. The Bertz CT molecular complexity index is 552. The van der Waals surface area contributed by atoms with Gasteiger partial charge in [-0.1, -0.05) is 0 Å². The molecule has 0 heterocycles. The third-order valence-corrected chi connectivity index (χ3v) is 3.11. The van der Waals surface area contributed by atoms with Crippen LogP contribution >= 0.6 is 15.9 Å². The van der Waals surface area contributed by atoms with Gasteiger partial charge in [-0.3, -0.25) is 9.59 Å². The smallest absolute Gasteiger partial charge is 0.379 e. The van der Waals surface area contributed by atoms with Gasteiger partial charge in [0.1, 0.15) is 0 Å². The lowest BCUT2D eigenvalue weighted by atomic mass is 10.1. The summed E-state index contributed by atoms with van der Waals surface area (Å²) in [6.07, 6.45) is 0.560. The lowest BCUT2D eigenvalue weighted by molar-refractivity contribution is -0.137. The highest BCUT2D eigenvalue weighted by atomic mass is 79.9. The summed E-state index contributed by atoms with van der Waals surface area (Å²) in [5, 5.41) is 0. The number of rotatable bonds is 6. The predicted octanol–water partition coefficient (Wildman–Crippen LogP) is 2.02. The Morgan fingerprint density at radius 2 is 1.85 bits per heavy atom. The minimum Gasteiger partial charge on any atom is -0.492 e. The molecule has 108 valence electrons. The highest BCUT2D eigenvalue weighted by Gasteiger charge is 2.27. The monoisotopic (exact) mass is 344 g/mol. The summed E-state index contributed by atoms with van der Waals surface area (Å²) >= 11 is 3.15. The van der Waals surface area contributed by atoms with E-state index >= 15 is 0 Å². The third kappa shape index (κ3) is 2.98. The van der Waals surface area contributed by atoms with Gasteiger partial charge in [-0.25, -0.2) is 4.79 Å². The molecular formula is C13H13BrO6. The Morgan fingerprint density at radius 3 is 2.30 bits per heavy atom. The minimum atomic E-state index is -1.00. The van der Waals surface area contributed by atoms with Gasteiger partial charge in [0, 0.05) is 4.47 Å². The number of esters is 1. The van der Waals surface area contributed by atoms with E-state index in [0.717, 1.165) is 0 Å². The summed E-state index contributed by atoms with van der Waals surface area (Å²) in [7, 11) is 2.64. The number of hydrogen-bond acceptors (Lipinski definition) is 6. The quantitative estimate of drug-likeness (QED) is 0.340. The number of benzene rings is 1. The molecule has 0 aromatic heterocycles. The van der Waals surface area contributed by atoms with Crippen LogP contribution in [0.15, 0.2) is 10.5 Å². The summed E-state index contributed by atoms with van der Waals surface area (Å²) in [6, 6.07) is 1.32. The first-order valence-corrected chi connectivity index (χ1v) is 6.42. The topological polar surface area (TPSA) is 78.9 Å². The van der Waals surface area contributed by atoms with Gasteiger partial charge in [-0.2, -0.15) is 0 Å². The van der Waals surface area contributed by atoms with Crippen LogP contribution in [0.2, 0.25) is 0 Å². The molecule has 0 bridgehead atoms. The Balaban J connectivity index is 3.48. The number of aldehydes is 1. The van der Waals surface area contributed by atoms with Gasteiger partial charge >= 0.3 is 5.97 Å². The molecule has 0 aliphatic carbocycles. The SMILES string of the molecule is CCOC(=O)C(=O)c1cc(Br)c(C=O)c(OC)c1OC. The van der Waals surface area contributed by atoms with Crippen molar-refractivity contribution in [3.05, 3.63) is 21.7 Å². The van der Waals surface area contributed by atoms with E-state index in [4.69, 9.17) is 9.47 Å². The van der Waals surface area contributed by atoms with Crippen molar-refractivity contribution < 1.29 is 28.6 Å². The zero-order valence-corrected chi connectivity index (χ0v) is 12.8. The van der Waals surface area contributed by atoms with Crippen molar-refractivity contribution in [2.75, 3.05) is 20.8 Å². The highest BCUT2D eigenvalue weighted by molar-refractivity contribution is 9.10. The van der Waals surface area contributed by atoms with Crippen LogP contribution in [0.4, 0.5) is 0 Å². The fourth-order valence-corrected chi connectivity index (χ4v) is 2.12. The molecule has 0 aliphatic rings. The van der Waals surface area contributed by atoms with Crippen LogP contribution in [0.25, 0.3) is 0 Å². The van der Waals surface area contributed by atoms with E-state index in [1.165, 1.54) is 20.3 Å². The van der Waals surface area contributed by atoms with Gasteiger partial charge in [0.2, 0.25) is 0 Å². The number of carbonyl (C=O) groups excluding carboxylic acids is 3. The first-order chi connectivity index (χ1) is 9.51. The van der Waals surface area contributed by atoms with Crippen molar-refractivity contribution in [3.63, 3.8) is 0 Å². The normalized spacial score (nSPS) is 9.80. The van der Waals surface area contributed by atoms with Crippen LogP contribution in [0, 0.1) is 0 Å². The van der Waals surface area contributed by atoms with E-state index in [1.807, 2.05) is 0 Å². The van der Waals surface area contributed by atoms with E-state index in [2.05, 4.69) is 20.7 Å². The molecule has 1 aromatic carbocycles. The molecule has 0 saturated heterocycles. The average Bonchev–Trinajstić information content (AvgIpc) is 2.45. The second kappa shape index (κ2) is 7.04. The molecule has 0 unspecified atom stereocenters. The fraction of sp³-hybridized carbons (Fsp3) is 0.308. The van der Waals surface area contributed by atoms with Crippen molar-refractivity contribution >= 4 is 34.0 Å². The first kappa shape index (κ1) is 16.2. The molecule has 1 aromatic rings. The number of carbonyl (C=O) groups is 3. The fourth-order valence-electron chi connectivity index (χ4n) is 1.61. The number of hydrogen-bond donors (Lipinski definition) is 0. The van der Waals surface area contributed by atoms with E-state index < -0.39 is 11.8 Å². The molecule has 0 spiro atoms. The zero-order valence-electron chi connectivity index (χ0n) is 11.2. The molecule has 0 atom stereocenters. The van der Waals surface area contributed by atoms with Crippen molar-refractivity contribution in [2.24, 2.45) is 0 Å². The Morgan fingerprint density at radius 1 is 1.25 bits per heavy atom. The van der Waals surface area contributed by atoms with Crippen LogP contribution in [0.3, 0.4) is 0 Å². The molecule has 0 fully saturated rings. The standard InChI is InChI=1S/C13H13BrO6/c1-4-20-13(17)10(16)7-5-9(14)8(6-15)12(19-3)11(7)18-2/h5-6H,4H2,1-3H3. The predicted molar refractivity (Wildman–Crippen MR) is 73.6 cm³/mol. The maximum absolute atomic E-state index is 12.0. The van der Waals surface area contributed by atoms with E-state index in [9.17, 15) is 14.4 Å². The van der Waals surface area contributed by atoms with Crippen molar-refractivity contribution in [3.8, 4) is 11.5 Å². The highest BCUT2D eigenvalue weighted by Crippen LogP contribution is 2.38. The molecule has 7 heteroatoms. The summed E-state index contributed by atoms with van der Waals surface area (Å²) in [5.41, 5.74) is 0.144. The molecule has 1 rings (SSSR count). The Hall–Kier alpha value is -1.89. The lowest BCUT2D eigenvalue weighted by Crippen LogP contribution is -2.19. The van der Waals surface area contributed by atoms with Gasteiger partial charge in [-0.05, 0) is 28.9 Å². The van der Waals surface area contributed by atoms with E-state index in [0.29, 0.717) is 10.8 Å². The molecule has 20 heavy (non-hydrogen) atoms. The van der Waals surface area contributed by atoms with Crippen molar-refractivity contribution in [1.82, 2.24) is 0 Å². The molecule has 0 aliphatic heterocycles. The summed E-state index contributed by atoms with van der Waals surface area (Å²) < 4.78 is 15.1. The maximum atomic E-state index is 12.0. The lowest BCUT2D eigenvalue weighted by Gasteiger charge is -2.14. The molecule has 6 nitrogen and oxygen atoms in total. The van der Waals surface area contributed by atoms with Gasteiger partial charge in [-0.15, -0.1) is 0 Å². The number of Topliss-reactive ketones (excluding diaryl/α,β-unsaturated/α-hetero) is 1. The number of halogens is 1. The number of methoxy groups -OCH3 is 2. The van der Waals surface area contributed by atoms with Gasteiger partial charge in [0.25, 0.3) is 5.78 Å². The minimum absolute atomic E-state index is 0.0100. The molecule has 0 amide bonds. The summed E-state index contributed by atoms with van der Waals surface area (Å²) in [4.78, 5) is 34.6. The van der Waals surface area contributed by atoms with Crippen LogP contribution in [0.1, 0.15) is 27.6 Å². The van der Waals surface area contributed by atoms with Gasteiger partial charge in [0.15, 0.2) is 17.8 Å². The first-order valence-electron chi connectivity index (χ1n) is 5.62. The summed E-state index contributed by atoms with van der Waals surface area (Å²) in [6.45, 7) is 1.67. The molecular weight excluding hydrogens is 332 g/mol. The maximum Gasteiger partial charge on any atom is 0.379 e. The van der Waals surface area contributed by atoms with Crippen molar-refractivity contribution in [1.29, 1.82) is 0 Å². The van der Waals surface area contributed by atoms with Crippen LogP contribution in [-0.2, 0) is 9.53 Å². The van der Waals surface area contributed by atoms with Gasteiger partial charge in [0.05, 0.1) is 32.0 Å². The second-order valence-electron chi connectivity index (χ2n) is 3.55. The third-order valence-electron chi connectivity index (χ3n) is 2.46. The van der Waals surface area contributed by atoms with Gasteiger partial charge < -0.3 is 14.2 Å². The Labute approximate surface area is 124 Å². The molecule has 0 radical (unpaired) electrons. The van der Waals surface area contributed by atoms with Crippen LogP contribution in [-0.4, -0.2) is 38.9 Å². The number of ketones is 1. The average molecular weight is 345 g/mol. The Kier molecular flexibility index (Phi) is 5.69. The second-order valence-corrected chi connectivity index (χ2v) is 4.41. The van der Waals surface area contributed by atoms with E-state index in [-0.39, 0.29) is 29.2 Å². The van der Waals surface area contributed by atoms with E-state index in [1.54, 1.807) is 6.92 Å². The number of ether oxygens (including phenoxy) is 3.